The molecule has 0 fully saturated rings. The van der Waals surface area contributed by atoms with Gasteiger partial charge in [-0.25, -0.2) is 9.97 Å². The van der Waals surface area contributed by atoms with E-state index in [-0.39, 0.29) is 5.91 Å². The van der Waals surface area contributed by atoms with Crippen LogP contribution in [0.25, 0.3) is 21.3 Å². The fourth-order valence-electron chi connectivity index (χ4n) is 2.43. The molecule has 6 nitrogen and oxygen atoms in total. The molecule has 23 heavy (non-hydrogen) atoms. The summed E-state index contributed by atoms with van der Waals surface area (Å²) < 4.78 is 0.949. The molecule has 2 N–H and O–H groups in total. The highest BCUT2D eigenvalue weighted by Crippen LogP contribution is 2.20. The lowest BCUT2D eigenvalue weighted by Gasteiger charge is -1.99. The summed E-state index contributed by atoms with van der Waals surface area (Å²) in [5.74, 6) is 0.522. The van der Waals surface area contributed by atoms with Crippen molar-refractivity contribution >= 4 is 38.5 Å². The Morgan fingerprint density at radius 1 is 1.30 bits per heavy atom. The zero-order valence-corrected chi connectivity index (χ0v) is 13.1. The number of benzene rings is 1. The molecule has 0 saturated heterocycles. The monoisotopic (exact) mass is 323 g/mol. The number of imidazole rings is 1. The maximum Gasteiger partial charge on any atom is 0.280 e. The number of aryl methyl sites for hydroxylation is 1. The second kappa shape index (κ2) is 5.44. The summed E-state index contributed by atoms with van der Waals surface area (Å²) in [6, 6.07) is 7.82. The number of aromatic amines is 1. The van der Waals surface area contributed by atoms with Gasteiger partial charge in [0.2, 0.25) is 0 Å². The van der Waals surface area contributed by atoms with E-state index in [1.54, 1.807) is 12.4 Å². The number of carbonyl (C=O) groups is 1. The van der Waals surface area contributed by atoms with Gasteiger partial charge in [0, 0.05) is 6.20 Å². The molecule has 1 aromatic carbocycles. The molecule has 0 spiro atoms. The Balaban J connectivity index is 1.53. The lowest BCUT2D eigenvalue weighted by molar-refractivity contribution is 0.0950. The second-order valence-corrected chi connectivity index (χ2v) is 6.23. The molecular formula is C16H13N5OS. The number of para-hydroxylation sites is 1. The molecule has 4 rings (SSSR count). The molecule has 0 unspecified atom stereocenters. The van der Waals surface area contributed by atoms with Crippen molar-refractivity contribution in [3.8, 4) is 0 Å². The van der Waals surface area contributed by atoms with Gasteiger partial charge < -0.3 is 10.3 Å². The largest absolute Gasteiger partial charge is 0.343 e. The van der Waals surface area contributed by atoms with Crippen molar-refractivity contribution in [2.75, 3.05) is 0 Å². The Morgan fingerprint density at radius 3 is 3.04 bits per heavy atom. The maximum atomic E-state index is 12.2. The summed E-state index contributed by atoms with van der Waals surface area (Å²) in [7, 11) is 0. The highest BCUT2D eigenvalue weighted by Gasteiger charge is 2.13. The van der Waals surface area contributed by atoms with Gasteiger partial charge >= 0.3 is 0 Å². The molecule has 3 aromatic heterocycles. The maximum absolute atomic E-state index is 12.2. The van der Waals surface area contributed by atoms with Crippen LogP contribution in [0.4, 0.5) is 0 Å². The summed E-state index contributed by atoms with van der Waals surface area (Å²) in [5.41, 5.74) is 3.75. The van der Waals surface area contributed by atoms with E-state index in [0.717, 1.165) is 32.6 Å². The first-order valence-electron chi connectivity index (χ1n) is 7.14. The SMILES string of the molecule is Cc1cccc2[nH]c(CNC(=O)c3nc4cnccc4s3)nc12. The van der Waals surface area contributed by atoms with Crippen LogP contribution in [-0.4, -0.2) is 25.8 Å². The summed E-state index contributed by atoms with van der Waals surface area (Å²) in [6.07, 6.45) is 3.35. The molecule has 0 radical (unpaired) electrons. The Bertz CT molecular complexity index is 987. The van der Waals surface area contributed by atoms with E-state index in [4.69, 9.17) is 0 Å². The summed E-state index contributed by atoms with van der Waals surface area (Å²) in [5, 5.41) is 3.28. The van der Waals surface area contributed by atoms with Gasteiger partial charge in [-0.05, 0) is 24.6 Å². The van der Waals surface area contributed by atoms with Crippen LogP contribution in [0.2, 0.25) is 0 Å². The normalized spacial score (nSPS) is 11.2. The van der Waals surface area contributed by atoms with E-state index in [2.05, 4.69) is 25.3 Å². The number of hydrogen-bond donors (Lipinski definition) is 2. The number of rotatable bonds is 3. The Kier molecular flexibility index (Phi) is 3.27. The van der Waals surface area contributed by atoms with Gasteiger partial charge in [-0.3, -0.25) is 9.78 Å². The molecular weight excluding hydrogens is 310 g/mol. The highest BCUT2D eigenvalue weighted by atomic mass is 32.1. The summed E-state index contributed by atoms with van der Waals surface area (Å²) in [6.45, 7) is 2.35. The molecule has 0 aliphatic carbocycles. The molecule has 1 amide bonds. The van der Waals surface area contributed by atoms with Crippen LogP contribution >= 0.6 is 11.3 Å². The number of H-pyrrole nitrogens is 1. The van der Waals surface area contributed by atoms with Crippen molar-refractivity contribution in [2.24, 2.45) is 0 Å². The van der Waals surface area contributed by atoms with E-state index in [1.165, 1.54) is 11.3 Å². The highest BCUT2D eigenvalue weighted by molar-refractivity contribution is 7.20. The second-order valence-electron chi connectivity index (χ2n) is 5.20. The van der Waals surface area contributed by atoms with Gasteiger partial charge in [0.1, 0.15) is 11.3 Å². The number of nitrogens with zero attached hydrogens (tertiary/aromatic N) is 3. The molecule has 0 atom stereocenters. The number of thiazole rings is 1. The predicted octanol–water partition coefficient (Wildman–Crippen LogP) is 2.81. The molecule has 7 heteroatoms. The van der Waals surface area contributed by atoms with E-state index >= 15 is 0 Å². The van der Waals surface area contributed by atoms with Crippen molar-refractivity contribution < 1.29 is 4.79 Å². The average Bonchev–Trinajstić information content (AvgIpc) is 3.17. The van der Waals surface area contributed by atoms with Crippen molar-refractivity contribution in [3.63, 3.8) is 0 Å². The third kappa shape index (κ3) is 2.55. The molecule has 0 bridgehead atoms. The van der Waals surface area contributed by atoms with E-state index in [0.29, 0.717) is 11.6 Å². The molecule has 114 valence electrons. The first-order chi connectivity index (χ1) is 11.2. The van der Waals surface area contributed by atoms with E-state index in [1.807, 2.05) is 31.2 Å². The van der Waals surface area contributed by atoms with Gasteiger partial charge in [-0.2, -0.15) is 0 Å². The van der Waals surface area contributed by atoms with Crippen LogP contribution in [0, 0.1) is 6.92 Å². The van der Waals surface area contributed by atoms with Crippen LogP contribution in [0.15, 0.2) is 36.7 Å². The van der Waals surface area contributed by atoms with Gasteiger partial charge in [-0.1, -0.05) is 12.1 Å². The summed E-state index contributed by atoms with van der Waals surface area (Å²) >= 11 is 1.35. The number of aromatic nitrogens is 4. The van der Waals surface area contributed by atoms with Gasteiger partial charge in [0.15, 0.2) is 5.01 Å². The van der Waals surface area contributed by atoms with Crippen molar-refractivity contribution in [1.82, 2.24) is 25.3 Å². The molecule has 3 heterocycles. The van der Waals surface area contributed by atoms with Crippen LogP contribution in [0.5, 0.6) is 0 Å². The molecule has 0 aliphatic heterocycles. The minimum absolute atomic E-state index is 0.205. The van der Waals surface area contributed by atoms with Crippen molar-refractivity contribution in [2.45, 2.75) is 13.5 Å². The van der Waals surface area contributed by atoms with Crippen LogP contribution in [-0.2, 0) is 6.54 Å². The molecule has 0 aliphatic rings. The van der Waals surface area contributed by atoms with Crippen LogP contribution in [0.3, 0.4) is 0 Å². The van der Waals surface area contributed by atoms with Crippen LogP contribution < -0.4 is 5.32 Å². The minimum atomic E-state index is -0.205. The average molecular weight is 323 g/mol. The van der Waals surface area contributed by atoms with Crippen molar-refractivity contribution in [3.05, 3.63) is 53.1 Å². The standard InChI is InChI=1S/C16H13N5OS/c1-9-3-2-4-10-14(9)21-13(19-10)8-18-15(22)16-20-11-7-17-6-5-12(11)23-16/h2-7H,8H2,1H3,(H,18,22)(H,19,21). The Labute approximate surface area is 135 Å². The topological polar surface area (TPSA) is 83.6 Å². The quantitative estimate of drug-likeness (QED) is 0.607. The third-order valence-corrected chi connectivity index (χ3v) is 4.60. The fourth-order valence-corrected chi connectivity index (χ4v) is 3.28. The van der Waals surface area contributed by atoms with Gasteiger partial charge in [-0.15, -0.1) is 11.3 Å². The zero-order chi connectivity index (χ0) is 15.8. The lowest BCUT2D eigenvalue weighted by atomic mass is 10.2. The number of pyridine rings is 1. The minimum Gasteiger partial charge on any atom is -0.343 e. The van der Waals surface area contributed by atoms with Gasteiger partial charge in [0.25, 0.3) is 5.91 Å². The van der Waals surface area contributed by atoms with Gasteiger partial charge in [0.05, 0.1) is 28.5 Å². The first kappa shape index (κ1) is 13.8. The lowest BCUT2D eigenvalue weighted by Crippen LogP contribution is -2.23. The zero-order valence-electron chi connectivity index (χ0n) is 12.3. The number of fused-ring (bicyclic) bond motifs is 2. The predicted molar refractivity (Wildman–Crippen MR) is 89.4 cm³/mol. The first-order valence-corrected chi connectivity index (χ1v) is 7.95. The molecule has 0 saturated carbocycles. The Morgan fingerprint density at radius 2 is 2.22 bits per heavy atom. The number of amides is 1. The molecule has 4 aromatic rings. The van der Waals surface area contributed by atoms with Crippen molar-refractivity contribution in [1.29, 1.82) is 0 Å². The fraction of sp³-hybridized carbons (Fsp3) is 0.125. The third-order valence-electron chi connectivity index (χ3n) is 3.56. The number of hydrogen-bond acceptors (Lipinski definition) is 5. The van der Waals surface area contributed by atoms with E-state index in [9.17, 15) is 4.79 Å². The summed E-state index contributed by atoms with van der Waals surface area (Å²) in [4.78, 5) is 28.3. The number of nitrogens with one attached hydrogen (secondary N) is 2. The number of carbonyl (C=O) groups excluding carboxylic acids is 1. The van der Waals surface area contributed by atoms with E-state index < -0.39 is 0 Å². The smallest absolute Gasteiger partial charge is 0.280 e. The van der Waals surface area contributed by atoms with Crippen LogP contribution in [0.1, 0.15) is 21.2 Å². The Hall–Kier alpha value is -2.80.